The number of furan rings is 1. The van der Waals surface area contributed by atoms with E-state index in [1.54, 1.807) is 0 Å². The van der Waals surface area contributed by atoms with E-state index in [4.69, 9.17) is 4.42 Å². The summed E-state index contributed by atoms with van der Waals surface area (Å²) in [4.78, 5) is 3.62. The van der Waals surface area contributed by atoms with Crippen molar-refractivity contribution < 1.29 is 4.42 Å². The van der Waals surface area contributed by atoms with Gasteiger partial charge in [0.25, 0.3) is 0 Å². The number of hydrogen-bond donors (Lipinski definition) is 1. The lowest BCUT2D eigenvalue weighted by Gasteiger charge is -2.22. The van der Waals surface area contributed by atoms with Gasteiger partial charge in [0, 0.05) is 38.0 Å². The molecule has 29 heavy (non-hydrogen) atoms. The Morgan fingerprint density at radius 1 is 0.690 bits per heavy atom. The van der Waals surface area contributed by atoms with E-state index in [-0.39, 0.29) is 5.41 Å². The average Bonchev–Trinajstić information content (AvgIpc) is 3.35. The number of aromatic amines is 1. The predicted octanol–water partition coefficient (Wildman–Crippen LogP) is 7.53. The molecule has 0 unspecified atom stereocenters. The first kappa shape index (κ1) is 15.4. The third-order valence-electron chi connectivity index (χ3n) is 6.78. The first-order chi connectivity index (χ1) is 14.1. The molecule has 1 aliphatic carbocycles. The normalized spacial score (nSPS) is 14.8. The molecule has 7 rings (SSSR count). The van der Waals surface area contributed by atoms with Crippen LogP contribution in [0.1, 0.15) is 25.0 Å². The van der Waals surface area contributed by atoms with Gasteiger partial charge in [0.05, 0.1) is 0 Å². The number of fused-ring (bicyclic) bond motifs is 10. The van der Waals surface area contributed by atoms with Gasteiger partial charge in [-0.25, -0.2) is 0 Å². The van der Waals surface area contributed by atoms with Crippen LogP contribution in [0.4, 0.5) is 0 Å². The molecule has 2 aromatic heterocycles. The van der Waals surface area contributed by atoms with Crippen molar-refractivity contribution in [2.75, 3.05) is 0 Å². The highest BCUT2D eigenvalue weighted by atomic mass is 16.3. The van der Waals surface area contributed by atoms with Crippen LogP contribution in [0.15, 0.2) is 77.2 Å². The van der Waals surface area contributed by atoms with Crippen LogP contribution in [0.2, 0.25) is 0 Å². The van der Waals surface area contributed by atoms with Crippen LogP contribution >= 0.6 is 0 Å². The quantitative estimate of drug-likeness (QED) is 0.293. The molecule has 0 aliphatic heterocycles. The Bertz CT molecular complexity index is 1630. The zero-order chi connectivity index (χ0) is 19.3. The first-order valence-corrected chi connectivity index (χ1v) is 10.1. The number of rotatable bonds is 0. The molecule has 0 radical (unpaired) electrons. The lowest BCUT2D eigenvalue weighted by molar-refractivity contribution is 0.657. The number of para-hydroxylation sites is 2. The second-order valence-electron chi connectivity index (χ2n) is 8.70. The van der Waals surface area contributed by atoms with Crippen LogP contribution in [0.3, 0.4) is 0 Å². The molecule has 138 valence electrons. The van der Waals surface area contributed by atoms with Gasteiger partial charge in [-0.15, -0.1) is 0 Å². The van der Waals surface area contributed by atoms with E-state index >= 15 is 0 Å². The maximum Gasteiger partial charge on any atom is 0.135 e. The zero-order valence-corrected chi connectivity index (χ0v) is 16.3. The van der Waals surface area contributed by atoms with Gasteiger partial charge in [-0.3, -0.25) is 0 Å². The number of hydrogen-bond acceptors (Lipinski definition) is 1. The largest absolute Gasteiger partial charge is 0.456 e. The number of benzene rings is 4. The number of H-pyrrole nitrogens is 1. The molecule has 6 aromatic rings. The molecule has 2 heterocycles. The van der Waals surface area contributed by atoms with Gasteiger partial charge in [0.1, 0.15) is 11.2 Å². The van der Waals surface area contributed by atoms with Crippen molar-refractivity contribution in [3.63, 3.8) is 0 Å². The monoisotopic (exact) mass is 373 g/mol. The highest BCUT2D eigenvalue weighted by Crippen LogP contribution is 2.54. The van der Waals surface area contributed by atoms with E-state index in [9.17, 15) is 0 Å². The maximum absolute atomic E-state index is 6.18. The van der Waals surface area contributed by atoms with Crippen LogP contribution < -0.4 is 0 Å². The third-order valence-corrected chi connectivity index (χ3v) is 6.78. The summed E-state index contributed by atoms with van der Waals surface area (Å²) in [6, 6.07) is 26.1. The Hall–Kier alpha value is -3.52. The van der Waals surface area contributed by atoms with Crippen molar-refractivity contribution in [2.24, 2.45) is 0 Å². The highest BCUT2D eigenvalue weighted by Gasteiger charge is 2.38. The van der Waals surface area contributed by atoms with Crippen LogP contribution in [0.25, 0.3) is 54.9 Å². The fourth-order valence-electron chi connectivity index (χ4n) is 5.46. The second kappa shape index (κ2) is 4.90. The summed E-state index contributed by atoms with van der Waals surface area (Å²) in [6.45, 7) is 4.68. The number of nitrogens with one attached hydrogen (secondary N) is 1. The van der Waals surface area contributed by atoms with Crippen LogP contribution in [0.5, 0.6) is 0 Å². The molecule has 1 aliphatic rings. The molecule has 0 bridgehead atoms. The molecule has 0 saturated heterocycles. The van der Waals surface area contributed by atoms with E-state index in [0.29, 0.717) is 0 Å². The molecule has 0 atom stereocenters. The van der Waals surface area contributed by atoms with Crippen LogP contribution in [-0.2, 0) is 5.41 Å². The zero-order valence-electron chi connectivity index (χ0n) is 16.3. The molecule has 2 heteroatoms. The summed E-state index contributed by atoms with van der Waals surface area (Å²) in [5, 5.41) is 5.04. The van der Waals surface area contributed by atoms with Crippen molar-refractivity contribution in [3.05, 3.63) is 83.9 Å². The second-order valence-corrected chi connectivity index (χ2v) is 8.70. The van der Waals surface area contributed by atoms with Gasteiger partial charge < -0.3 is 9.40 Å². The SMILES string of the molecule is CC1(C)c2cc3[nH]c4ccccc4c3cc2-c2ccc3oc4ccccc4c3c21. The standard InChI is InChI=1S/C27H19NO/c1-27(2)20-14-22-19(15-7-3-5-9-21(15)28-22)13-18(20)16-11-12-24-25(26(16)27)17-8-4-6-10-23(17)29-24/h3-14,28H,1-2H3. The summed E-state index contributed by atoms with van der Waals surface area (Å²) in [5.74, 6) is 0. The van der Waals surface area contributed by atoms with E-state index < -0.39 is 0 Å². The molecule has 0 saturated carbocycles. The van der Waals surface area contributed by atoms with Gasteiger partial charge in [0.2, 0.25) is 0 Å². The van der Waals surface area contributed by atoms with Crippen molar-refractivity contribution in [1.29, 1.82) is 0 Å². The minimum absolute atomic E-state index is 0.0949. The minimum Gasteiger partial charge on any atom is -0.456 e. The highest BCUT2D eigenvalue weighted by molar-refractivity contribution is 6.13. The van der Waals surface area contributed by atoms with E-state index in [1.807, 2.05) is 6.07 Å². The predicted molar refractivity (Wildman–Crippen MR) is 121 cm³/mol. The lowest BCUT2D eigenvalue weighted by Crippen LogP contribution is -2.15. The topological polar surface area (TPSA) is 28.9 Å². The van der Waals surface area contributed by atoms with Crippen molar-refractivity contribution in [2.45, 2.75) is 19.3 Å². The van der Waals surface area contributed by atoms with Gasteiger partial charge in [0.15, 0.2) is 0 Å². The lowest BCUT2D eigenvalue weighted by atomic mass is 9.80. The Kier molecular flexibility index (Phi) is 2.60. The summed E-state index contributed by atoms with van der Waals surface area (Å²) >= 11 is 0. The molecule has 0 spiro atoms. The van der Waals surface area contributed by atoms with Gasteiger partial charge in [-0.1, -0.05) is 56.3 Å². The fraction of sp³-hybridized carbons (Fsp3) is 0.111. The summed E-state index contributed by atoms with van der Waals surface area (Å²) in [6.07, 6.45) is 0. The third kappa shape index (κ3) is 1.78. The Labute approximate surface area is 167 Å². The van der Waals surface area contributed by atoms with Crippen molar-refractivity contribution >= 4 is 43.7 Å². The molecule has 2 nitrogen and oxygen atoms in total. The van der Waals surface area contributed by atoms with Gasteiger partial charge >= 0.3 is 0 Å². The molecule has 1 N–H and O–H groups in total. The van der Waals surface area contributed by atoms with Crippen LogP contribution in [0, 0.1) is 0 Å². The fourth-order valence-corrected chi connectivity index (χ4v) is 5.46. The van der Waals surface area contributed by atoms with E-state index in [2.05, 4.69) is 85.6 Å². The Morgan fingerprint density at radius 3 is 2.38 bits per heavy atom. The van der Waals surface area contributed by atoms with Crippen molar-refractivity contribution in [1.82, 2.24) is 4.98 Å². The summed E-state index contributed by atoms with van der Waals surface area (Å²) < 4.78 is 6.18. The summed E-state index contributed by atoms with van der Waals surface area (Å²) in [7, 11) is 0. The van der Waals surface area contributed by atoms with Crippen LogP contribution in [-0.4, -0.2) is 4.98 Å². The Morgan fingerprint density at radius 2 is 1.48 bits per heavy atom. The molecule has 0 amide bonds. The molecule has 4 aromatic carbocycles. The maximum atomic E-state index is 6.18. The molecule has 0 fully saturated rings. The number of aromatic nitrogens is 1. The molecular formula is C27H19NO. The average molecular weight is 373 g/mol. The van der Waals surface area contributed by atoms with Gasteiger partial charge in [-0.2, -0.15) is 0 Å². The molecular weight excluding hydrogens is 354 g/mol. The van der Waals surface area contributed by atoms with Gasteiger partial charge in [-0.05, 0) is 52.6 Å². The van der Waals surface area contributed by atoms with Crippen molar-refractivity contribution in [3.8, 4) is 11.1 Å². The minimum atomic E-state index is -0.0949. The summed E-state index contributed by atoms with van der Waals surface area (Å²) in [5.41, 5.74) is 9.67. The van der Waals surface area contributed by atoms with E-state index in [1.165, 1.54) is 54.8 Å². The van der Waals surface area contributed by atoms with E-state index in [0.717, 1.165) is 11.2 Å². The first-order valence-electron chi connectivity index (χ1n) is 10.1. The smallest absolute Gasteiger partial charge is 0.135 e. The Balaban J connectivity index is 1.65.